The maximum Gasteiger partial charge on any atom is 0.267 e. The molecule has 0 aliphatic carbocycles. The van der Waals surface area contributed by atoms with Crippen molar-refractivity contribution in [3.05, 3.63) is 77.9 Å². The number of aromatic nitrogens is 3. The summed E-state index contributed by atoms with van der Waals surface area (Å²) in [6.07, 6.45) is 1.53. The zero-order valence-corrected chi connectivity index (χ0v) is 16.0. The van der Waals surface area contributed by atoms with Crippen LogP contribution in [0.2, 0.25) is 0 Å². The Bertz CT molecular complexity index is 1170. The predicted molar refractivity (Wildman–Crippen MR) is 107 cm³/mol. The number of nitrogens with zero attached hydrogens (tertiary/aromatic N) is 3. The van der Waals surface area contributed by atoms with E-state index in [1.165, 1.54) is 17.5 Å². The topological polar surface area (TPSA) is 76.9 Å². The lowest BCUT2D eigenvalue weighted by Crippen LogP contribution is -2.13. The molecule has 136 valence electrons. The summed E-state index contributed by atoms with van der Waals surface area (Å²) in [6.45, 7) is 1.82. The number of rotatable bonds is 5. The smallest absolute Gasteiger partial charge is 0.255 e. The number of thiazole rings is 1. The largest absolute Gasteiger partial charge is 0.267 e. The Balaban J connectivity index is 1.84. The van der Waals surface area contributed by atoms with Crippen LogP contribution in [0.15, 0.2) is 77.1 Å². The van der Waals surface area contributed by atoms with Gasteiger partial charge in [-0.05, 0) is 19.1 Å². The second-order valence-corrected chi connectivity index (χ2v) is 8.40. The molecule has 27 heavy (non-hydrogen) atoms. The highest BCUT2D eigenvalue weighted by molar-refractivity contribution is 7.93. The molecule has 8 heteroatoms. The number of hydrogen-bond acceptors (Lipinski definition) is 5. The standard InChI is InChI=1S/C19H16N4O2S2/c1-14-13-26-19(20-14)22-27(24,25)17-12-23(16-10-6-3-7-11-16)21-18(17)15-8-4-2-5-9-15/h2-13H,1H3,(H,20,22). The van der Waals surface area contributed by atoms with Crippen LogP contribution >= 0.6 is 11.3 Å². The van der Waals surface area contributed by atoms with Crippen molar-refractivity contribution in [3.63, 3.8) is 0 Å². The molecule has 2 aromatic heterocycles. The number of hydrogen-bond donors (Lipinski definition) is 1. The average Bonchev–Trinajstić information content (AvgIpc) is 3.30. The Morgan fingerprint density at radius 2 is 1.67 bits per heavy atom. The van der Waals surface area contributed by atoms with Gasteiger partial charge in [0, 0.05) is 10.9 Å². The third kappa shape index (κ3) is 3.62. The number of aryl methyl sites for hydroxylation is 1. The van der Waals surface area contributed by atoms with Crippen molar-refractivity contribution >= 4 is 26.5 Å². The summed E-state index contributed by atoms with van der Waals surface area (Å²) in [4.78, 5) is 4.29. The maximum absolute atomic E-state index is 13.1. The van der Waals surface area contributed by atoms with Gasteiger partial charge in [-0.2, -0.15) is 5.10 Å². The first-order valence-electron chi connectivity index (χ1n) is 8.18. The number of anilines is 1. The second-order valence-electron chi connectivity index (χ2n) is 5.89. The summed E-state index contributed by atoms with van der Waals surface area (Å²) in [6, 6.07) is 18.7. The molecule has 0 atom stereocenters. The van der Waals surface area contributed by atoms with Crippen LogP contribution in [0.4, 0.5) is 5.13 Å². The van der Waals surface area contributed by atoms with E-state index in [0.29, 0.717) is 10.8 Å². The van der Waals surface area contributed by atoms with Crippen LogP contribution in [0.1, 0.15) is 5.69 Å². The van der Waals surface area contributed by atoms with Crippen LogP contribution in [-0.4, -0.2) is 23.2 Å². The molecular weight excluding hydrogens is 380 g/mol. The fourth-order valence-electron chi connectivity index (χ4n) is 2.63. The number of para-hydroxylation sites is 1. The molecule has 1 N–H and O–H groups in total. The van der Waals surface area contributed by atoms with Gasteiger partial charge in [-0.1, -0.05) is 48.5 Å². The van der Waals surface area contributed by atoms with Crippen LogP contribution in [0.25, 0.3) is 16.9 Å². The van der Waals surface area contributed by atoms with Crippen LogP contribution in [0, 0.1) is 6.92 Å². The minimum atomic E-state index is -3.85. The van der Waals surface area contributed by atoms with Crippen molar-refractivity contribution in [2.24, 2.45) is 0 Å². The molecule has 0 bridgehead atoms. The van der Waals surface area contributed by atoms with Crippen molar-refractivity contribution < 1.29 is 8.42 Å². The van der Waals surface area contributed by atoms with Crippen molar-refractivity contribution in [2.45, 2.75) is 11.8 Å². The van der Waals surface area contributed by atoms with E-state index in [1.54, 1.807) is 10.1 Å². The molecule has 4 rings (SSSR count). The van der Waals surface area contributed by atoms with E-state index in [1.807, 2.05) is 67.6 Å². The molecule has 0 fully saturated rings. The molecule has 0 spiro atoms. The molecule has 0 saturated carbocycles. The van der Waals surface area contributed by atoms with E-state index < -0.39 is 10.0 Å². The normalized spacial score (nSPS) is 11.4. The fraction of sp³-hybridized carbons (Fsp3) is 0.0526. The van der Waals surface area contributed by atoms with Crippen molar-refractivity contribution in [1.29, 1.82) is 0 Å². The predicted octanol–water partition coefficient (Wildman–Crippen LogP) is 4.11. The Hall–Kier alpha value is -2.97. The summed E-state index contributed by atoms with van der Waals surface area (Å²) in [5, 5.41) is 6.67. The average molecular weight is 396 g/mol. The highest BCUT2D eigenvalue weighted by atomic mass is 32.2. The molecule has 0 aliphatic rings. The highest BCUT2D eigenvalue weighted by Gasteiger charge is 2.25. The molecule has 4 aromatic rings. The SMILES string of the molecule is Cc1csc(NS(=O)(=O)c2cn(-c3ccccc3)nc2-c2ccccc2)n1. The van der Waals surface area contributed by atoms with E-state index in [4.69, 9.17) is 0 Å². The lowest BCUT2D eigenvalue weighted by atomic mass is 10.2. The summed E-state index contributed by atoms with van der Waals surface area (Å²) < 4.78 is 30.2. The van der Waals surface area contributed by atoms with Crippen LogP contribution < -0.4 is 4.72 Å². The molecule has 2 heterocycles. The van der Waals surface area contributed by atoms with Gasteiger partial charge in [0.05, 0.1) is 17.6 Å². The molecular formula is C19H16N4O2S2. The maximum atomic E-state index is 13.1. The van der Waals surface area contributed by atoms with E-state index in [9.17, 15) is 8.42 Å². The van der Waals surface area contributed by atoms with Gasteiger partial charge in [0.15, 0.2) is 5.13 Å². The fourth-order valence-corrected chi connectivity index (χ4v) is 4.73. The Kier molecular flexibility index (Phi) is 4.51. The second kappa shape index (κ2) is 6.98. The van der Waals surface area contributed by atoms with Gasteiger partial charge in [0.2, 0.25) is 0 Å². The van der Waals surface area contributed by atoms with Crippen molar-refractivity contribution in [3.8, 4) is 16.9 Å². The van der Waals surface area contributed by atoms with Gasteiger partial charge in [0.1, 0.15) is 10.6 Å². The summed E-state index contributed by atoms with van der Waals surface area (Å²) in [7, 11) is -3.85. The Labute approximate surface area is 161 Å². The first kappa shape index (κ1) is 17.4. The number of benzene rings is 2. The molecule has 0 saturated heterocycles. The summed E-state index contributed by atoms with van der Waals surface area (Å²) in [5.41, 5.74) is 2.66. The lowest BCUT2D eigenvalue weighted by Gasteiger charge is -2.05. The zero-order chi connectivity index (χ0) is 18.9. The Morgan fingerprint density at radius 1 is 1.00 bits per heavy atom. The summed E-state index contributed by atoms with van der Waals surface area (Å²) in [5.74, 6) is 0. The van der Waals surface area contributed by atoms with E-state index in [2.05, 4.69) is 14.8 Å². The minimum absolute atomic E-state index is 0.102. The zero-order valence-electron chi connectivity index (χ0n) is 14.4. The van der Waals surface area contributed by atoms with E-state index in [0.717, 1.165) is 16.9 Å². The van der Waals surface area contributed by atoms with Gasteiger partial charge < -0.3 is 0 Å². The lowest BCUT2D eigenvalue weighted by molar-refractivity contribution is 0.601. The third-order valence-electron chi connectivity index (χ3n) is 3.88. The van der Waals surface area contributed by atoms with Gasteiger partial charge in [-0.15, -0.1) is 11.3 Å². The molecule has 6 nitrogen and oxygen atoms in total. The molecule has 0 radical (unpaired) electrons. The van der Waals surface area contributed by atoms with E-state index in [-0.39, 0.29) is 4.90 Å². The number of sulfonamides is 1. The van der Waals surface area contributed by atoms with Gasteiger partial charge >= 0.3 is 0 Å². The molecule has 0 unspecified atom stereocenters. The molecule has 0 aliphatic heterocycles. The van der Waals surface area contributed by atoms with Crippen LogP contribution in [0.3, 0.4) is 0 Å². The van der Waals surface area contributed by atoms with Gasteiger partial charge in [0.25, 0.3) is 10.0 Å². The first-order chi connectivity index (χ1) is 13.0. The van der Waals surface area contributed by atoms with Crippen LogP contribution in [-0.2, 0) is 10.0 Å². The summed E-state index contributed by atoms with van der Waals surface area (Å²) >= 11 is 1.25. The van der Waals surface area contributed by atoms with Crippen LogP contribution in [0.5, 0.6) is 0 Å². The van der Waals surface area contributed by atoms with Gasteiger partial charge in [-0.25, -0.2) is 18.1 Å². The molecule has 0 amide bonds. The Morgan fingerprint density at radius 3 is 2.30 bits per heavy atom. The quantitative estimate of drug-likeness (QED) is 0.551. The third-order valence-corrected chi connectivity index (χ3v) is 6.22. The highest BCUT2D eigenvalue weighted by Crippen LogP contribution is 2.29. The van der Waals surface area contributed by atoms with Crippen molar-refractivity contribution in [2.75, 3.05) is 4.72 Å². The first-order valence-corrected chi connectivity index (χ1v) is 10.5. The minimum Gasteiger partial charge on any atom is -0.255 e. The monoisotopic (exact) mass is 396 g/mol. The number of nitrogens with one attached hydrogen (secondary N) is 1. The molecule has 2 aromatic carbocycles. The van der Waals surface area contributed by atoms with Gasteiger partial charge in [-0.3, -0.25) is 4.72 Å². The van der Waals surface area contributed by atoms with Crippen molar-refractivity contribution in [1.82, 2.24) is 14.8 Å². The van der Waals surface area contributed by atoms with E-state index >= 15 is 0 Å².